The molecule has 0 aliphatic carbocycles. The molecular weight excluding hydrogens is 410 g/mol. The monoisotopic (exact) mass is 421 g/mol. The molecule has 0 spiro atoms. The van der Waals surface area contributed by atoms with Crippen molar-refractivity contribution in [1.29, 1.82) is 0 Å². The second-order valence-corrected chi connectivity index (χ2v) is 7.59. The van der Waals surface area contributed by atoms with Crippen LogP contribution in [0.2, 0.25) is 0 Å². The van der Waals surface area contributed by atoms with Crippen LogP contribution in [0.4, 0.5) is 26.3 Å². The van der Waals surface area contributed by atoms with E-state index in [0.717, 1.165) is 33.1 Å². The summed E-state index contributed by atoms with van der Waals surface area (Å²) in [5, 5.41) is 0. The SMILES string of the molecule is FC(F)(F)c1ccc(-c2cc[13c](-c3ccc(C(F)(F)F)cc3)[se]2)cc1. The first-order chi connectivity index (χ1) is 11.6. The first-order valence-electron chi connectivity index (χ1n) is 7.10. The van der Waals surface area contributed by atoms with E-state index in [2.05, 4.69) is 0 Å². The van der Waals surface area contributed by atoms with E-state index >= 15 is 0 Å². The Bertz CT molecular complexity index is 782. The van der Waals surface area contributed by atoms with Crippen LogP contribution < -0.4 is 0 Å². The quantitative estimate of drug-likeness (QED) is 0.347. The molecule has 0 N–H and O–H groups in total. The molecule has 0 saturated carbocycles. The van der Waals surface area contributed by atoms with Crippen molar-refractivity contribution in [3.05, 3.63) is 71.8 Å². The Kier molecular flexibility index (Phi) is 4.56. The fourth-order valence-corrected chi connectivity index (χ4v) is 4.43. The Balaban J connectivity index is 1.85. The van der Waals surface area contributed by atoms with Crippen LogP contribution in [-0.4, -0.2) is 14.5 Å². The standard InChI is InChI=1S/C18H10F6Se/c19-17(20,21)13-5-1-11(2-6-13)15-9-10-16(25-15)12-3-7-14(8-4-12)18(22,23)24/h1-10H/i15+1. The molecule has 0 aliphatic heterocycles. The van der Waals surface area contributed by atoms with Crippen molar-refractivity contribution in [2.24, 2.45) is 0 Å². The molecule has 130 valence electrons. The third-order valence-corrected chi connectivity index (χ3v) is 6.08. The van der Waals surface area contributed by atoms with Crippen LogP contribution in [0.5, 0.6) is 0 Å². The average Bonchev–Trinajstić information content (AvgIpc) is 3.03. The van der Waals surface area contributed by atoms with Crippen LogP contribution in [0.15, 0.2) is 60.7 Å². The summed E-state index contributed by atoms with van der Waals surface area (Å²) in [5.74, 6) is 0. The van der Waals surface area contributed by atoms with Crippen molar-refractivity contribution in [2.75, 3.05) is 0 Å². The van der Waals surface area contributed by atoms with E-state index in [1.807, 2.05) is 0 Å². The molecule has 0 fully saturated rings. The first kappa shape index (κ1) is 17.8. The van der Waals surface area contributed by atoms with Gasteiger partial charge in [0.1, 0.15) is 0 Å². The zero-order chi connectivity index (χ0) is 18.2. The zero-order valence-electron chi connectivity index (χ0n) is 12.4. The molecule has 0 atom stereocenters. The zero-order valence-corrected chi connectivity index (χ0v) is 14.2. The van der Waals surface area contributed by atoms with Crippen molar-refractivity contribution in [2.45, 2.75) is 12.4 Å². The summed E-state index contributed by atoms with van der Waals surface area (Å²) in [6.07, 6.45) is -8.76. The minimum absolute atomic E-state index is 0.181. The van der Waals surface area contributed by atoms with Crippen molar-refractivity contribution < 1.29 is 26.3 Å². The van der Waals surface area contributed by atoms with Crippen molar-refractivity contribution in [3.63, 3.8) is 0 Å². The summed E-state index contributed by atoms with van der Waals surface area (Å²) in [4.78, 5) is 0. The number of alkyl halides is 6. The molecule has 0 unspecified atom stereocenters. The van der Waals surface area contributed by atoms with Crippen molar-refractivity contribution >= 4 is 14.5 Å². The molecule has 7 heteroatoms. The summed E-state index contributed by atoms with van der Waals surface area (Å²) >= 11 is -0.181. The molecule has 1 heterocycles. The molecular formula is C18H10F6Se. The van der Waals surface area contributed by atoms with E-state index in [0.29, 0.717) is 11.1 Å². The number of hydrogen-bond acceptors (Lipinski definition) is 0. The Morgan fingerprint density at radius 3 is 1.08 bits per heavy atom. The van der Waals surface area contributed by atoms with Crippen LogP contribution in [-0.2, 0) is 12.4 Å². The third-order valence-electron chi connectivity index (χ3n) is 3.60. The Morgan fingerprint density at radius 1 is 0.480 bits per heavy atom. The number of rotatable bonds is 2. The van der Waals surface area contributed by atoms with E-state index in [1.54, 1.807) is 12.1 Å². The van der Waals surface area contributed by atoms with Crippen molar-refractivity contribution in [1.82, 2.24) is 0 Å². The summed E-state index contributed by atoms with van der Waals surface area (Å²) in [7, 11) is 0. The Labute approximate surface area is 145 Å². The van der Waals surface area contributed by atoms with Gasteiger partial charge in [-0.1, -0.05) is 0 Å². The van der Waals surface area contributed by atoms with Crippen molar-refractivity contribution in [3.8, 4) is 20.0 Å². The van der Waals surface area contributed by atoms with Gasteiger partial charge in [-0.3, -0.25) is 0 Å². The van der Waals surface area contributed by atoms with Gasteiger partial charge in [-0.2, -0.15) is 0 Å². The summed E-state index contributed by atoms with van der Waals surface area (Å²) in [6, 6.07) is 13.4. The third kappa shape index (κ3) is 3.99. The van der Waals surface area contributed by atoms with E-state index < -0.39 is 23.5 Å². The molecule has 3 aromatic rings. The van der Waals surface area contributed by atoms with Gasteiger partial charge in [0.15, 0.2) is 0 Å². The second-order valence-electron chi connectivity index (χ2n) is 5.31. The fourth-order valence-electron chi connectivity index (χ4n) is 2.30. The van der Waals surface area contributed by atoms with Gasteiger partial charge in [-0.05, 0) is 0 Å². The van der Waals surface area contributed by atoms with Crippen LogP contribution in [0.1, 0.15) is 11.1 Å². The summed E-state index contributed by atoms with van der Waals surface area (Å²) in [5.41, 5.74) is -0.0474. The van der Waals surface area contributed by atoms with Crippen LogP contribution >= 0.6 is 0 Å². The van der Waals surface area contributed by atoms with Crippen LogP contribution in [0.3, 0.4) is 0 Å². The van der Waals surface area contributed by atoms with Gasteiger partial charge in [0.2, 0.25) is 0 Å². The molecule has 1 aromatic heterocycles. The molecule has 0 bridgehead atoms. The Morgan fingerprint density at radius 2 is 0.800 bits per heavy atom. The summed E-state index contributed by atoms with van der Waals surface area (Å²) < 4.78 is 77.3. The van der Waals surface area contributed by atoms with Gasteiger partial charge in [0.25, 0.3) is 0 Å². The molecule has 0 amide bonds. The maximum absolute atomic E-state index is 12.6. The van der Waals surface area contributed by atoms with E-state index in [1.165, 1.54) is 24.3 Å². The van der Waals surface area contributed by atoms with E-state index in [4.69, 9.17) is 0 Å². The number of hydrogen-bond donors (Lipinski definition) is 0. The van der Waals surface area contributed by atoms with Gasteiger partial charge in [0, 0.05) is 0 Å². The first-order valence-corrected chi connectivity index (χ1v) is 8.81. The van der Waals surface area contributed by atoms with Crippen LogP contribution in [0.25, 0.3) is 20.0 Å². The summed E-state index contributed by atoms with van der Waals surface area (Å²) in [6.45, 7) is 0. The van der Waals surface area contributed by atoms with Gasteiger partial charge >= 0.3 is 145 Å². The molecule has 2 aromatic carbocycles. The maximum atomic E-state index is 12.6. The fraction of sp³-hybridized carbons (Fsp3) is 0.111. The number of halogens is 6. The van der Waals surface area contributed by atoms with E-state index in [-0.39, 0.29) is 14.5 Å². The molecule has 0 saturated heterocycles. The average molecular weight is 420 g/mol. The molecule has 3 rings (SSSR count). The van der Waals surface area contributed by atoms with Crippen LogP contribution in [0, 0.1) is 0 Å². The predicted octanol–water partition coefficient (Wildman–Crippen LogP) is 6.12. The van der Waals surface area contributed by atoms with Gasteiger partial charge in [-0.15, -0.1) is 0 Å². The molecule has 0 aliphatic rings. The van der Waals surface area contributed by atoms with E-state index in [9.17, 15) is 26.3 Å². The molecule has 0 nitrogen and oxygen atoms in total. The Hall–Kier alpha value is -1.98. The second kappa shape index (κ2) is 6.39. The minimum atomic E-state index is -4.38. The topological polar surface area (TPSA) is 0 Å². The predicted molar refractivity (Wildman–Crippen MR) is 84.3 cm³/mol. The molecule has 25 heavy (non-hydrogen) atoms. The van der Waals surface area contributed by atoms with Gasteiger partial charge in [0.05, 0.1) is 0 Å². The van der Waals surface area contributed by atoms with Gasteiger partial charge < -0.3 is 0 Å². The number of benzene rings is 2. The normalized spacial score (nSPS) is 12.4. The van der Waals surface area contributed by atoms with Gasteiger partial charge in [-0.25, -0.2) is 0 Å². The molecule has 0 radical (unpaired) electrons.